The molecule has 2 rings (SSSR count). The number of nitrogens with zero attached hydrogens (tertiary/aromatic N) is 3. The lowest BCUT2D eigenvalue weighted by Gasteiger charge is -2.24. The van der Waals surface area contributed by atoms with Crippen LogP contribution in [-0.4, -0.2) is 46.3 Å². The van der Waals surface area contributed by atoms with Crippen LogP contribution in [-0.2, 0) is 10.2 Å². The topological polar surface area (TPSA) is 79.3 Å². The van der Waals surface area contributed by atoms with Crippen LogP contribution in [0.1, 0.15) is 60.1 Å². The number of nitrogens with one attached hydrogen (secondary N) is 2. The maximum absolute atomic E-state index is 12.9. The first-order valence-corrected chi connectivity index (χ1v) is 11.1. The number of hydrogen-bond donors (Lipinski definition) is 2. The summed E-state index contributed by atoms with van der Waals surface area (Å²) < 4.78 is 1.74. The lowest BCUT2D eigenvalue weighted by Crippen LogP contribution is -2.46. The van der Waals surface area contributed by atoms with E-state index in [0.717, 1.165) is 24.2 Å². The van der Waals surface area contributed by atoms with E-state index in [1.165, 1.54) is 0 Å². The van der Waals surface area contributed by atoms with E-state index in [2.05, 4.69) is 38.3 Å². The van der Waals surface area contributed by atoms with E-state index in [1.807, 2.05) is 50.2 Å². The smallest absolute Gasteiger partial charge is 0.317 e. The van der Waals surface area contributed by atoms with Gasteiger partial charge in [0.15, 0.2) is 0 Å². The molecule has 0 aliphatic rings. The fraction of sp³-hybridized carbons (Fsp3) is 0.542. The van der Waals surface area contributed by atoms with E-state index in [9.17, 15) is 9.59 Å². The number of rotatable bonds is 9. The summed E-state index contributed by atoms with van der Waals surface area (Å²) in [6.07, 6.45) is 1.92. The van der Waals surface area contributed by atoms with Gasteiger partial charge in [-0.1, -0.05) is 66.2 Å². The zero-order valence-electron chi connectivity index (χ0n) is 19.7. The first-order valence-electron chi connectivity index (χ1n) is 11.1. The predicted octanol–water partition coefficient (Wildman–Crippen LogP) is 4.58. The first kappa shape index (κ1) is 24.4. The van der Waals surface area contributed by atoms with Crippen LogP contribution in [0, 0.1) is 5.92 Å². The second kappa shape index (κ2) is 11.0. The van der Waals surface area contributed by atoms with E-state index >= 15 is 0 Å². The summed E-state index contributed by atoms with van der Waals surface area (Å²) in [5, 5.41) is 10.6. The number of urea groups is 1. The van der Waals surface area contributed by atoms with Crippen molar-refractivity contribution >= 4 is 17.8 Å². The van der Waals surface area contributed by atoms with Crippen molar-refractivity contribution in [2.24, 2.45) is 5.92 Å². The van der Waals surface area contributed by atoms with Gasteiger partial charge in [0.2, 0.25) is 5.91 Å². The van der Waals surface area contributed by atoms with Crippen LogP contribution >= 0.6 is 0 Å². The Bertz CT molecular complexity index is 853. The second-order valence-electron chi connectivity index (χ2n) is 9.32. The third-order valence-corrected chi connectivity index (χ3v) is 4.76. The number of hydrogen-bond acceptors (Lipinski definition) is 3. The molecule has 0 aliphatic heterocycles. The molecule has 0 saturated heterocycles. The van der Waals surface area contributed by atoms with E-state index in [0.29, 0.717) is 18.9 Å². The van der Waals surface area contributed by atoms with Gasteiger partial charge in [-0.15, -0.1) is 0 Å². The Labute approximate surface area is 186 Å². The van der Waals surface area contributed by atoms with Gasteiger partial charge < -0.3 is 15.5 Å². The number of anilines is 1. The molecule has 0 atom stereocenters. The lowest BCUT2D eigenvalue weighted by atomic mass is 9.92. The Morgan fingerprint density at radius 3 is 2.42 bits per heavy atom. The van der Waals surface area contributed by atoms with Crippen LogP contribution in [0.2, 0.25) is 0 Å². The minimum Gasteiger partial charge on any atom is -0.338 e. The molecule has 0 bridgehead atoms. The van der Waals surface area contributed by atoms with E-state index in [-0.39, 0.29) is 29.8 Å². The Hall–Kier alpha value is -2.83. The molecule has 31 heavy (non-hydrogen) atoms. The van der Waals surface area contributed by atoms with Crippen molar-refractivity contribution < 1.29 is 9.59 Å². The molecule has 170 valence electrons. The zero-order chi connectivity index (χ0) is 23.0. The molecule has 1 aromatic carbocycles. The first-order chi connectivity index (χ1) is 14.6. The van der Waals surface area contributed by atoms with Crippen molar-refractivity contribution in [2.75, 3.05) is 25.0 Å². The van der Waals surface area contributed by atoms with Crippen LogP contribution in [0.25, 0.3) is 5.69 Å². The molecule has 0 saturated carbocycles. The minimum atomic E-state index is -0.246. The highest BCUT2D eigenvalue weighted by molar-refractivity contribution is 5.94. The molecule has 2 aromatic rings. The summed E-state index contributed by atoms with van der Waals surface area (Å²) >= 11 is 0. The van der Waals surface area contributed by atoms with Gasteiger partial charge in [-0.2, -0.15) is 5.10 Å². The molecule has 1 aromatic heterocycles. The highest BCUT2D eigenvalue weighted by Crippen LogP contribution is 2.26. The van der Waals surface area contributed by atoms with Crippen molar-refractivity contribution in [1.29, 1.82) is 0 Å². The van der Waals surface area contributed by atoms with Crippen LogP contribution in [0.15, 0.2) is 36.4 Å². The van der Waals surface area contributed by atoms with Gasteiger partial charge in [0.25, 0.3) is 0 Å². The molecule has 0 radical (unpaired) electrons. The summed E-state index contributed by atoms with van der Waals surface area (Å²) in [6.45, 7) is 13.5. The maximum atomic E-state index is 12.9. The summed E-state index contributed by atoms with van der Waals surface area (Å²) in [6, 6.07) is 11.4. The molecule has 0 aliphatic carbocycles. The van der Waals surface area contributed by atoms with E-state index in [4.69, 9.17) is 5.10 Å². The van der Waals surface area contributed by atoms with Crippen molar-refractivity contribution in [3.8, 4) is 5.69 Å². The minimum absolute atomic E-state index is 0.0129. The predicted molar refractivity (Wildman–Crippen MR) is 126 cm³/mol. The molecule has 0 unspecified atom stereocenters. The van der Waals surface area contributed by atoms with Crippen LogP contribution in [0.3, 0.4) is 0 Å². The molecule has 0 spiro atoms. The van der Waals surface area contributed by atoms with Gasteiger partial charge in [0.05, 0.1) is 11.4 Å². The standard InChI is InChI=1S/C24H37N5O2/c1-7-8-14-25-23(31)28(16-18(2)3)17-22(30)26-21-15-20(24(4,5)6)27-29(21)19-12-10-9-11-13-19/h9-13,15,18H,7-8,14,16-17H2,1-6H3,(H,25,31)(H,26,30). The van der Waals surface area contributed by atoms with Gasteiger partial charge in [-0.25, -0.2) is 9.48 Å². The summed E-state index contributed by atoms with van der Waals surface area (Å²) in [7, 11) is 0. The van der Waals surface area contributed by atoms with Crippen LogP contribution in [0.5, 0.6) is 0 Å². The second-order valence-corrected chi connectivity index (χ2v) is 9.32. The van der Waals surface area contributed by atoms with Crippen molar-refractivity contribution in [3.05, 3.63) is 42.1 Å². The molecule has 7 nitrogen and oxygen atoms in total. The Kier molecular flexibility index (Phi) is 8.65. The number of amides is 3. The Balaban J connectivity index is 2.20. The quantitative estimate of drug-likeness (QED) is 0.575. The van der Waals surface area contributed by atoms with Gasteiger partial charge in [-0.3, -0.25) is 4.79 Å². The fourth-order valence-electron chi connectivity index (χ4n) is 3.10. The largest absolute Gasteiger partial charge is 0.338 e. The third kappa shape index (κ3) is 7.42. The SMILES string of the molecule is CCCCNC(=O)N(CC(=O)Nc1cc(C(C)(C)C)nn1-c1ccccc1)CC(C)C. The number of para-hydroxylation sites is 1. The average Bonchev–Trinajstić information content (AvgIpc) is 3.12. The number of carbonyl (C=O) groups excluding carboxylic acids is 2. The zero-order valence-corrected chi connectivity index (χ0v) is 19.7. The van der Waals surface area contributed by atoms with Crippen molar-refractivity contribution in [2.45, 2.75) is 59.8 Å². The van der Waals surface area contributed by atoms with Gasteiger partial charge in [0.1, 0.15) is 12.4 Å². The molecule has 0 fully saturated rings. The summed E-state index contributed by atoms with van der Waals surface area (Å²) in [4.78, 5) is 27.1. The molecule has 3 amide bonds. The maximum Gasteiger partial charge on any atom is 0.317 e. The number of benzene rings is 1. The monoisotopic (exact) mass is 427 g/mol. The third-order valence-electron chi connectivity index (χ3n) is 4.76. The van der Waals surface area contributed by atoms with Gasteiger partial charge in [0, 0.05) is 24.6 Å². The molecular formula is C24H37N5O2. The summed E-state index contributed by atoms with van der Waals surface area (Å²) in [5.41, 5.74) is 1.58. The average molecular weight is 428 g/mol. The number of unbranched alkanes of at least 4 members (excludes halogenated alkanes) is 1. The lowest BCUT2D eigenvalue weighted by molar-refractivity contribution is -0.116. The van der Waals surface area contributed by atoms with Gasteiger partial charge >= 0.3 is 6.03 Å². The normalized spacial score (nSPS) is 11.5. The molecule has 2 N–H and O–H groups in total. The van der Waals surface area contributed by atoms with Crippen molar-refractivity contribution in [1.82, 2.24) is 20.0 Å². The molecular weight excluding hydrogens is 390 g/mol. The van der Waals surface area contributed by atoms with Crippen LogP contribution < -0.4 is 10.6 Å². The molecule has 7 heteroatoms. The highest BCUT2D eigenvalue weighted by atomic mass is 16.2. The van der Waals surface area contributed by atoms with Crippen LogP contribution in [0.4, 0.5) is 10.6 Å². The number of carbonyl (C=O) groups is 2. The van der Waals surface area contributed by atoms with E-state index in [1.54, 1.807) is 9.58 Å². The van der Waals surface area contributed by atoms with Crippen molar-refractivity contribution in [3.63, 3.8) is 0 Å². The van der Waals surface area contributed by atoms with E-state index < -0.39 is 0 Å². The Morgan fingerprint density at radius 1 is 1.16 bits per heavy atom. The molecule has 1 heterocycles. The van der Waals surface area contributed by atoms with Gasteiger partial charge in [-0.05, 0) is 24.5 Å². The number of aromatic nitrogens is 2. The Morgan fingerprint density at radius 2 is 1.84 bits per heavy atom. The fourth-order valence-corrected chi connectivity index (χ4v) is 3.10. The summed E-state index contributed by atoms with van der Waals surface area (Å²) in [5.74, 6) is 0.605. The highest BCUT2D eigenvalue weighted by Gasteiger charge is 2.23.